The van der Waals surface area contributed by atoms with Crippen molar-refractivity contribution < 1.29 is 13.9 Å². The largest absolute Gasteiger partial charge is 0.497 e. The van der Waals surface area contributed by atoms with Crippen LogP contribution in [-0.2, 0) is 0 Å². The predicted octanol–water partition coefficient (Wildman–Crippen LogP) is 3.81. The Kier molecular flexibility index (Phi) is 5.04. The molecule has 0 aromatic heterocycles. The van der Waals surface area contributed by atoms with E-state index in [2.05, 4.69) is 5.32 Å². The first kappa shape index (κ1) is 15.6. The van der Waals surface area contributed by atoms with Gasteiger partial charge in [0.05, 0.1) is 25.3 Å². The molecule has 0 fully saturated rings. The summed E-state index contributed by atoms with van der Waals surface area (Å²) in [6, 6.07) is 9.97. The third-order valence-electron chi connectivity index (χ3n) is 3.33. The summed E-state index contributed by atoms with van der Waals surface area (Å²) in [5.41, 5.74) is 1.51. The van der Waals surface area contributed by atoms with E-state index in [1.807, 2.05) is 12.1 Å². The van der Waals surface area contributed by atoms with Crippen molar-refractivity contribution in [1.82, 2.24) is 5.32 Å². The van der Waals surface area contributed by atoms with Gasteiger partial charge in [-0.25, -0.2) is 4.39 Å². The fourth-order valence-electron chi connectivity index (χ4n) is 2.28. The molecule has 0 aliphatic heterocycles. The van der Waals surface area contributed by atoms with Gasteiger partial charge in [-0.05, 0) is 30.8 Å². The first-order chi connectivity index (χ1) is 10.1. The van der Waals surface area contributed by atoms with Crippen molar-refractivity contribution in [3.8, 4) is 11.5 Å². The highest BCUT2D eigenvalue weighted by atomic mass is 35.5. The average Bonchev–Trinajstić information content (AvgIpc) is 2.52. The number of hydrogen-bond donors (Lipinski definition) is 1. The van der Waals surface area contributed by atoms with Gasteiger partial charge in [0.15, 0.2) is 0 Å². The number of benzene rings is 2. The molecule has 0 aliphatic rings. The zero-order valence-corrected chi connectivity index (χ0v) is 12.9. The van der Waals surface area contributed by atoms with Crippen molar-refractivity contribution in [3.05, 3.63) is 58.4 Å². The van der Waals surface area contributed by atoms with Gasteiger partial charge in [0.2, 0.25) is 0 Å². The molecule has 0 saturated heterocycles. The lowest BCUT2D eigenvalue weighted by molar-refractivity contribution is 0.388. The number of hydrogen-bond acceptors (Lipinski definition) is 3. The van der Waals surface area contributed by atoms with Crippen LogP contribution in [0.4, 0.5) is 4.39 Å². The molecular formula is C16H17ClFNO2. The minimum absolute atomic E-state index is 0.106. The van der Waals surface area contributed by atoms with Crippen molar-refractivity contribution >= 4 is 11.6 Å². The van der Waals surface area contributed by atoms with Crippen LogP contribution in [-0.4, -0.2) is 21.3 Å². The van der Waals surface area contributed by atoms with Gasteiger partial charge in [0.25, 0.3) is 0 Å². The number of methoxy groups -OCH3 is 2. The Morgan fingerprint density at radius 2 is 1.86 bits per heavy atom. The number of rotatable bonds is 5. The predicted molar refractivity (Wildman–Crippen MR) is 81.9 cm³/mol. The minimum atomic E-state index is -0.443. The van der Waals surface area contributed by atoms with Crippen LogP contribution in [0.15, 0.2) is 36.4 Å². The number of nitrogens with one attached hydrogen (secondary N) is 1. The summed E-state index contributed by atoms with van der Waals surface area (Å²) in [4.78, 5) is 0. The van der Waals surface area contributed by atoms with Crippen LogP contribution in [0.3, 0.4) is 0 Å². The molecule has 3 nitrogen and oxygen atoms in total. The van der Waals surface area contributed by atoms with E-state index in [9.17, 15) is 4.39 Å². The molecule has 112 valence electrons. The first-order valence-corrected chi connectivity index (χ1v) is 6.83. The summed E-state index contributed by atoms with van der Waals surface area (Å²) >= 11 is 6.09. The molecule has 1 atom stereocenters. The Bertz CT molecular complexity index is 634. The van der Waals surface area contributed by atoms with E-state index in [0.717, 1.165) is 5.56 Å². The van der Waals surface area contributed by atoms with E-state index in [-0.39, 0.29) is 11.1 Å². The minimum Gasteiger partial charge on any atom is -0.497 e. The topological polar surface area (TPSA) is 30.5 Å². The van der Waals surface area contributed by atoms with Crippen molar-refractivity contribution in [2.24, 2.45) is 0 Å². The maximum atomic E-state index is 13.7. The Labute approximate surface area is 128 Å². The lowest BCUT2D eigenvalue weighted by atomic mass is 9.97. The number of ether oxygens (including phenoxy) is 2. The third kappa shape index (κ3) is 3.12. The lowest BCUT2D eigenvalue weighted by Gasteiger charge is -2.21. The van der Waals surface area contributed by atoms with Crippen LogP contribution in [0.25, 0.3) is 0 Å². The van der Waals surface area contributed by atoms with Gasteiger partial charge >= 0.3 is 0 Å². The van der Waals surface area contributed by atoms with Gasteiger partial charge in [0, 0.05) is 11.6 Å². The SMILES string of the molecule is CNC(c1ccc(OC)cc1OC)c1cccc(F)c1Cl. The summed E-state index contributed by atoms with van der Waals surface area (Å²) in [7, 11) is 4.96. The van der Waals surface area contributed by atoms with Gasteiger partial charge in [-0.1, -0.05) is 23.7 Å². The molecule has 0 heterocycles. The van der Waals surface area contributed by atoms with Gasteiger partial charge < -0.3 is 14.8 Å². The van der Waals surface area contributed by atoms with Gasteiger partial charge in [-0.2, -0.15) is 0 Å². The molecule has 21 heavy (non-hydrogen) atoms. The average molecular weight is 310 g/mol. The van der Waals surface area contributed by atoms with E-state index in [1.165, 1.54) is 6.07 Å². The van der Waals surface area contributed by atoms with E-state index in [0.29, 0.717) is 17.1 Å². The molecule has 5 heteroatoms. The van der Waals surface area contributed by atoms with Crippen molar-refractivity contribution in [2.45, 2.75) is 6.04 Å². The molecule has 2 rings (SSSR count). The molecule has 0 amide bonds. The highest BCUT2D eigenvalue weighted by Gasteiger charge is 2.21. The molecule has 0 aliphatic carbocycles. The lowest BCUT2D eigenvalue weighted by Crippen LogP contribution is -2.19. The molecular weight excluding hydrogens is 293 g/mol. The summed E-state index contributed by atoms with van der Waals surface area (Å²) < 4.78 is 24.3. The summed E-state index contributed by atoms with van der Waals surface area (Å²) in [5.74, 6) is 0.895. The highest BCUT2D eigenvalue weighted by Crippen LogP contribution is 2.36. The van der Waals surface area contributed by atoms with Gasteiger partial charge in [0.1, 0.15) is 17.3 Å². The zero-order valence-electron chi connectivity index (χ0n) is 12.1. The van der Waals surface area contributed by atoms with Gasteiger partial charge in [-0.3, -0.25) is 0 Å². The van der Waals surface area contributed by atoms with Crippen LogP contribution < -0.4 is 14.8 Å². The van der Waals surface area contributed by atoms with E-state index in [1.54, 1.807) is 39.5 Å². The number of halogens is 2. The van der Waals surface area contributed by atoms with Crippen LogP contribution >= 0.6 is 11.6 Å². The second-order valence-corrected chi connectivity index (χ2v) is 4.85. The van der Waals surface area contributed by atoms with Crippen LogP contribution in [0, 0.1) is 5.82 Å². The van der Waals surface area contributed by atoms with Crippen molar-refractivity contribution in [2.75, 3.05) is 21.3 Å². The Hall–Kier alpha value is -1.78. The molecule has 2 aromatic rings. The monoisotopic (exact) mass is 309 g/mol. The quantitative estimate of drug-likeness (QED) is 0.911. The maximum absolute atomic E-state index is 13.7. The van der Waals surface area contributed by atoms with Crippen LogP contribution in [0.1, 0.15) is 17.2 Å². The highest BCUT2D eigenvalue weighted by molar-refractivity contribution is 6.31. The van der Waals surface area contributed by atoms with Crippen LogP contribution in [0.2, 0.25) is 5.02 Å². The van der Waals surface area contributed by atoms with E-state index < -0.39 is 5.82 Å². The summed E-state index contributed by atoms with van der Waals surface area (Å²) in [6.07, 6.45) is 0. The summed E-state index contributed by atoms with van der Waals surface area (Å²) in [5, 5.41) is 3.25. The second kappa shape index (κ2) is 6.78. The second-order valence-electron chi connectivity index (χ2n) is 4.47. The van der Waals surface area contributed by atoms with Crippen molar-refractivity contribution in [3.63, 3.8) is 0 Å². The standard InChI is InChI=1S/C16H17ClFNO2/c1-19-16(12-5-4-6-13(18)15(12)17)11-8-7-10(20-2)9-14(11)21-3/h4-9,16,19H,1-3H3. The molecule has 0 radical (unpaired) electrons. The molecule has 2 aromatic carbocycles. The zero-order chi connectivity index (χ0) is 15.4. The molecule has 1 unspecified atom stereocenters. The molecule has 0 bridgehead atoms. The third-order valence-corrected chi connectivity index (χ3v) is 3.73. The Morgan fingerprint density at radius 1 is 1.10 bits per heavy atom. The molecule has 0 saturated carbocycles. The first-order valence-electron chi connectivity index (χ1n) is 6.45. The van der Waals surface area contributed by atoms with Crippen molar-refractivity contribution in [1.29, 1.82) is 0 Å². The van der Waals surface area contributed by atoms with Crippen LogP contribution in [0.5, 0.6) is 11.5 Å². The molecule has 0 spiro atoms. The Balaban J connectivity index is 2.53. The fraction of sp³-hybridized carbons (Fsp3) is 0.250. The maximum Gasteiger partial charge on any atom is 0.142 e. The molecule has 1 N–H and O–H groups in total. The Morgan fingerprint density at radius 3 is 2.48 bits per heavy atom. The van der Waals surface area contributed by atoms with E-state index in [4.69, 9.17) is 21.1 Å². The normalized spacial score (nSPS) is 12.0. The van der Waals surface area contributed by atoms with E-state index >= 15 is 0 Å². The smallest absolute Gasteiger partial charge is 0.142 e. The fourth-order valence-corrected chi connectivity index (χ4v) is 2.51. The van der Waals surface area contributed by atoms with Gasteiger partial charge in [-0.15, -0.1) is 0 Å². The summed E-state index contributed by atoms with van der Waals surface area (Å²) in [6.45, 7) is 0.